The predicted molar refractivity (Wildman–Crippen MR) is 71.8 cm³/mol. The number of nitrogens with zero attached hydrogens (tertiary/aromatic N) is 2. The van der Waals surface area contributed by atoms with Gasteiger partial charge in [-0.05, 0) is 45.7 Å². The molecule has 0 saturated carbocycles. The van der Waals surface area contributed by atoms with E-state index >= 15 is 0 Å². The van der Waals surface area contributed by atoms with Gasteiger partial charge in [0.1, 0.15) is 0 Å². The number of carboxylic acids is 1. The van der Waals surface area contributed by atoms with Crippen LogP contribution >= 0.6 is 11.3 Å². The summed E-state index contributed by atoms with van der Waals surface area (Å²) in [5.74, 6) is -0.320. The molecule has 0 amide bonds. The lowest BCUT2D eigenvalue weighted by atomic mass is 9.93. The van der Waals surface area contributed by atoms with Crippen molar-refractivity contribution in [1.29, 1.82) is 0 Å². The molecule has 1 aliphatic heterocycles. The number of likely N-dealkylation sites (tertiary alicyclic amines) is 1. The maximum Gasteiger partial charge on any atom is 0.303 e. The fraction of sp³-hybridized carbons (Fsp3) is 0.692. The summed E-state index contributed by atoms with van der Waals surface area (Å²) in [6.45, 7) is 6.18. The van der Waals surface area contributed by atoms with Crippen molar-refractivity contribution in [2.45, 2.75) is 39.2 Å². The summed E-state index contributed by atoms with van der Waals surface area (Å²) in [6.07, 6.45) is 2.29. The van der Waals surface area contributed by atoms with E-state index in [1.54, 1.807) is 11.3 Å². The Balaban J connectivity index is 1.87. The molecule has 18 heavy (non-hydrogen) atoms. The zero-order valence-electron chi connectivity index (χ0n) is 10.9. The number of piperidine rings is 1. The molecule has 1 fully saturated rings. The van der Waals surface area contributed by atoms with E-state index in [1.807, 2.05) is 6.92 Å². The average molecular weight is 268 g/mol. The number of aryl methyl sites for hydroxylation is 1. The molecule has 1 unspecified atom stereocenters. The van der Waals surface area contributed by atoms with Gasteiger partial charge in [0.2, 0.25) is 0 Å². The first-order valence-electron chi connectivity index (χ1n) is 6.44. The van der Waals surface area contributed by atoms with Gasteiger partial charge in [0.25, 0.3) is 0 Å². The lowest BCUT2D eigenvalue weighted by Gasteiger charge is -2.34. The van der Waals surface area contributed by atoms with E-state index in [4.69, 9.17) is 5.11 Å². The molecule has 1 N–H and O–H groups in total. The zero-order chi connectivity index (χ0) is 13.1. The van der Waals surface area contributed by atoms with Gasteiger partial charge in [-0.15, -0.1) is 11.3 Å². The van der Waals surface area contributed by atoms with E-state index in [-0.39, 0.29) is 0 Å². The lowest BCUT2D eigenvalue weighted by molar-refractivity contribution is -0.138. The first-order valence-corrected chi connectivity index (χ1v) is 7.32. The van der Waals surface area contributed by atoms with Gasteiger partial charge in [0.05, 0.1) is 16.7 Å². The highest BCUT2D eigenvalue weighted by Gasteiger charge is 2.25. The molecule has 0 aromatic carbocycles. The maximum atomic E-state index is 10.7. The number of hydrogen-bond acceptors (Lipinski definition) is 4. The second kappa shape index (κ2) is 5.80. The van der Waals surface area contributed by atoms with Crippen LogP contribution in [0.15, 0.2) is 5.38 Å². The molecule has 2 heterocycles. The minimum absolute atomic E-state index is 0.317. The van der Waals surface area contributed by atoms with Gasteiger partial charge in [0, 0.05) is 11.8 Å². The molecule has 1 aromatic rings. The molecule has 2 rings (SSSR count). The Kier molecular flexibility index (Phi) is 4.35. The number of hydrogen-bond donors (Lipinski definition) is 1. The number of thiazole rings is 1. The number of aromatic nitrogens is 1. The number of carbonyl (C=O) groups is 1. The van der Waals surface area contributed by atoms with Crippen LogP contribution in [0, 0.1) is 12.8 Å². The van der Waals surface area contributed by atoms with Crippen LogP contribution in [-0.4, -0.2) is 34.0 Å². The third kappa shape index (κ3) is 3.29. The highest BCUT2D eigenvalue weighted by molar-refractivity contribution is 7.09. The van der Waals surface area contributed by atoms with Crippen molar-refractivity contribution in [3.8, 4) is 0 Å². The van der Waals surface area contributed by atoms with E-state index in [0.29, 0.717) is 18.4 Å². The van der Waals surface area contributed by atoms with Crippen LogP contribution in [0.25, 0.3) is 0 Å². The maximum absolute atomic E-state index is 10.7. The number of aliphatic carboxylic acids is 1. The molecule has 4 nitrogen and oxygen atoms in total. The third-order valence-electron chi connectivity index (χ3n) is 3.72. The zero-order valence-corrected chi connectivity index (χ0v) is 11.7. The topological polar surface area (TPSA) is 53.4 Å². The molecule has 0 radical (unpaired) electrons. The van der Waals surface area contributed by atoms with Gasteiger partial charge < -0.3 is 5.11 Å². The standard InChI is InChI=1S/C13H20N2O2S/c1-9(12-8-18-10(2)14-12)15-5-3-11(4-6-15)7-13(16)17/h8-9,11H,3-7H2,1-2H3,(H,16,17). The molecule has 1 atom stereocenters. The van der Waals surface area contributed by atoms with E-state index in [0.717, 1.165) is 36.6 Å². The summed E-state index contributed by atoms with van der Waals surface area (Å²) in [6, 6.07) is 0.348. The van der Waals surface area contributed by atoms with Crippen molar-refractivity contribution in [3.05, 3.63) is 16.1 Å². The first kappa shape index (κ1) is 13.5. The van der Waals surface area contributed by atoms with Crippen LogP contribution in [-0.2, 0) is 4.79 Å². The molecule has 0 aliphatic carbocycles. The molecule has 1 aromatic heterocycles. The molecule has 100 valence electrons. The monoisotopic (exact) mass is 268 g/mol. The molecule has 0 spiro atoms. The van der Waals surface area contributed by atoms with E-state index in [9.17, 15) is 4.79 Å². The number of carboxylic acid groups (broad SMARTS) is 1. The van der Waals surface area contributed by atoms with Crippen molar-refractivity contribution >= 4 is 17.3 Å². The second-order valence-electron chi connectivity index (χ2n) is 5.04. The van der Waals surface area contributed by atoms with Crippen molar-refractivity contribution in [1.82, 2.24) is 9.88 Å². The quantitative estimate of drug-likeness (QED) is 0.912. The van der Waals surface area contributed by atoms with Crippen LogP contribution in [0.3, 0.4) is 0 Å². The van der Waals surface area contributed by atoms with Gasteiger partial charge in [-0.1, -0.05) is 0 Å². The fourth-order valence-electron chi connectivity index (χ4n) is 2.55. The highest BCUT2D eigenvalue weighted by Crippen LogP contribution is 2.28. The van der Waals surface area contributed by atoms with E-state index in [1.165, 1.54) is 0 Å². The summed E-state index contributed by atoms with van der Waals surface area (Å²) in [7, 11) is 0. The Morgan fingerprint density at radius 1 is 1.61 bits per heavy atom. The molecule has 5 heteroatoms. The summed E-state index contributed by atoms with van der Waals surface area (Å²) in [4.78, 5) is 17.6. The van der Waals surface area contributed by atoms with Crippen molar-refractivity contribution in [3.63, 3.8) is 0 Å². The second-order valence-corrected chi connectivity index (χ2v) is 6.11. The Labute approximate surface area is 112 Å². The van der Waals surface area contributed by atoms with Crippen molar-refractivity contribution < 1.29 is 9.90 Å². The van der Waals surface area contributed by atoms with Crippen LogP contribution in [0.4, 0.5) is 0 Å². The summed E-state index contributed by atoms with van der Waals surface area (Å²) < 4.78 is 0. The largest absolute Gasteiger partial charge is 0.481 e. The molecular formula is C13H20N2O2S. The molecule has 0 bridgehead atoms. The van der Waals surface area contributed by atoms with E-state index < -0.39 is 5.97 Å². The highest BCUT2D eigenvalue weighted by atomic mass is 32.1. The summed E-state index contributed by atoms with van der Waals surface area (Å²) >= 11 is 1.69. The minimum atomic E-state index is -0.670. The molecule has 1 saturated heterocycles. The normalized spacial score (nSPS) is 19.9. The first-order chi connectivity index (χ1) is 8.56. The van der Waals surface area contributed by atoms with Gasteiger partial charge in [0.15, 0.2) is 0 Å². The van der Waals surface area contributed by atoms with Gasteiger partial charge in [-0.2, -0.15) is 0 Å². The van der Waals surface area contributed by atoms with Gasteiger partial charge in [-0.25, -0.2) is 4.98 Å². The Morgan fingerprint density at radius 3 is 2.78 bits per heavy atom. The predicted octanol–water partition coefficient (Wildman–Crippen LogP) is 2.70. The molecule has 1 aliphatic rings. The van der Waals surface area contributed by atoms with Crippen LogP contribution in [0.5, 0.6) is 0 Å². The lowest BCUT2D eigenvalue weighted by Crippen LogP contribution is -2.36. The van der Waals surface area contributed by atoms with Crippen molar-refractivity contribution in [2.75, 3.05) is 13.1 Å². The summed E-state index contributed by atoms with van der Waals surface area (Å²) in [5.41, 5.74) is 1.15. The smallest absolute Gasteiger partial charge is 0.303 e. The van der Waals surface area contributed by atoms with Crippen LogP contribution in [0.1, 0.15) is 42.9 Å². The minimum Gasteiger partial charge on any atom is -0.481 e. The van der Waals surface area contributed by atoms with Gasteiger partial charge in [-0.3, -0.25) is 9.69 Å². The molecular weight excluding hydrogens is 248 g/mol. The Bertz CT molecular complexity index is 411. The van der Waals surface area contributed by atoms with Gasteiger partial charge >= 0.3 is 5.97 Å². The fourth-order valence-corrected chi connectivity index (χ4v) is 3.25. The SMILES string of the molecule is Cc1nc(C(C)N2CCC(CC(=O)O)CC2)cs1. The van der Waals surface area contributed by atoms with E-state index in [2.05, 4.69) is 22.2 Å². The number of rotatable bonds is 4. The van der Waals surface area contributed by atoms with Crippen LogP contribution < -0.4 is 0 Å². The van der Waals surface area contributed by atoms with Crippen LogP contribution in [0.2, 0.25) is 0 Å². The Hall–Kier alpha value is -0.940. The summed E-state index contributed by atoms with van der Waals surface area (Å²) in [5, 5.41) is 12.0. The van der Waals surface area contributed by atoms with Crippen molar-refractivity contribution in [2.24, 2.45) is 5.92 Å². The Morgan fingerprint density at radius 2 is 2.28 bits per heavy atom. The average Bonchev–Trinajstić information content (AvgIpc) is 2.75. The third-order valence-corrected chi connectivity index (χ3v) is 4.52.